The monoisotopic (exact) mass is 580 g/mol. The predicted octanol–water partition coefficient (Wildman–Crippen LogP) is 4.18. The first-order valence-corrected chi connectivity index (χ1v) is 9.79. The van der Waals surface area contributed by atoms with Crippen molar-refractivity contribution in [2.24, 2.45) is 16.7 Å². The summed E-state index contributed by atoms with van der Waals surface area (Å²) in [6.07, 6.45) is 7.38. The van der Waals surface area contributed by atoms with Crippen LogP contribution in [-0.2, 0) is 66.2 Å². The zero-order valence-corrected chi connectivity index (χ0v) is 22.9. The molecule has 0 spiro atoms. The topological polar surface area (TPSA) is 149 Å². The number of unbranched alkanes of at least 4 members (excludes halogenated alkanes) is 3. The molecule has 2 radical (unpaired) electrons. The van der Waals surface area contributed by atoms with Gasteiger partial charge in [-0.2, -0.15) is 0 Å². The molecule has 8 nitrogen and oxygen atoms in total. The second kappa shape index (κ2) is 43.0. The summed E-state index contributed by atoms with van der Waals surface area (Å²) in [6, 6.07) is 0. The van der Waals surface area contributed by atoms with Gasteiger partial charge in [-0.1, -0.05) is 51.9 Å². The fraction of sp³-hybridized carbons (Fsp3) is 0.680. The van der Waals surface area contributed by atoms with Crippen LogP contribution in [-0.4, -0.2) is 24.9 Å². The minimum atomic E-state index is -0.462. The van der Waals surface area contributed by atoms with E-state index in [9.17, 15) is 5.11 Å². The third-order valence-electron chi connectivity index (χ3n) is 5.65. The Balaban J connectivity index is -0.0000000757. The summed E-state index contributed by atoms with van der Waals surface area (Å²) in [5.41, 5.74) is 0.124. The molecule has 0 aromatic heterocycles. The molecular formula is C25H34Co2O8. The molecule has 1 rings (SSSR count). The van der Waals surface area contributed by atoms with Crippen LogP contribution in [0.15, 0.2) is 0 Å². The van der Waals surface area contributed by atoms with E-state index in [1.807, 2.05) is 0 Å². The summed E-state index contributed by atoms with van der Waals surface area (Å²) in [4.78, 5) is 0. The minimum Gasteiger partial charge on any atom is 0 e. The molecular weight excluding hydrogens is 546 g/mol. The van der Waals surface area contributed by atoms with Crippen LogP contribution in [0.3, 0.4) is 0 Å². The average molecular weight is 580 g/mol. The van der Waals surface area contributed by atoms with Gasteiger partial charge in [0.15, 0.2) is 0 Å². The summed E-state index contributed by atoms with van der Waals surface area (Å²) in [7, 11) is 1.78. The third kappa shape index (κ3) is 25.8. The number of ether oxygens (including phenoxy) is 1. The summed E-state index contributed by atoms with van der Waals surface area (Å²) in [5.74, 6) is 7.11. The molecule has 1 aliphatic rings. The number of rotatable bonds is 7. The fourth-order valence-corrected chi connectivity index (χ4v) is 3.39. The first-order valence-electron chi connectivity index (χ1n) is 9.79. The van der Waals surface area contributed by atoms with E-state index in [-0.39, 0.29) is 44.4 Å². The molecule has 35 heavy (non-hydrogen) atoms. The Hall–Kier alpha value is -1.07. The van der Waals surface area contributed by atoms with Gasteiger partial charge >= 0.3 is 67.8 Å². The molecule has 0 unspecified atom stereocenters. The number of hydrogen-bond acceptors (Lipinski definition) is 2. The Labute approximate surface area is 231 Å². The van der Waals surface area contributed by atoms with E-state index in [1.165, 1.54) is 25.7 Å². The van der Waals surface area contributed by atoms with Gasteiger partial charge in [-0.15, -0.1) is 0 Å². The standard InChI is InChI=1S/C19H34O2.6CO.2Co/c1-6-7-8-9-10-17(20)12-14-19(4)13-11-16(15-21-5)18(19,2)3;6*1-2;;/h16-17,20H,6-11,13,15H2,1-5H3;;;;;;;;/t16-,17+,19-;;;;;;;;/m0......../s1. The van der Waals surface area contributed by atoms with Crippen LogP contribution < -0.4 is 0 Å². The van der Waals surface area contributed by atoms with Crippen LogP contribution in [0.2, 0.25) is 0 Å². The van der Waals surface area contributed by atoms with E-state index in [0.29, 0.717) is 5.92 Å². The van der Waals surface area contributed by atoms with Crippen LogP contribution >= 0.6 is 0 Å². The van der Waals surface area contributed by atoms with E-state index in [4.69, 9.17) is 32.6 Å². The van der Waals surface area contributed by atoms with Crippen molar-refractivity contribution in [2.75, 3.05) is 13.7 Å². The summed E-state index contributed by atoms with van der Waals surface area (Å²) in [6.45, 7) is 36.9. The Morgan fingerprint density at radius 2 is 1.29 bits per heavy atom. The van der Waals surface area contributed by atoms with Crippen molar-refractivity contribution in [3.63, 3.8) is 0 Å². The normalized spacial score (nSPS) is 17.7. The number of methoxy groups -OCH3 is 1. The number of aliphatic hydroxyl groups excluding tert-OH is 1. The van der Waals surface area contributed by atoms with Gasteiger partial charge in [-0.3, -0.25) is 0 Å². The number of hydrogen-bond donors (Lipinski definition) is 1. The van der Waals surface area contributed by atoms with Gasteiger partial charge < -0.3 is 9.84 Å². The fourth-order valence-electron chi connectivity index (χ4n) is 3.39. The molecule has 0 heterocycles. The van der Waals surface area contributed by atoms with E-state index in [0.717, 1.165) is 25.9 Å². The van der Waals surface area contributed by atoms with Crippen molar-refractivity contribution in [1.82, 2.24) is 0 Å². The summed E-state index contributed by atoms with van der Waals surface area (Å²) in [5, 5.41) is 10.1. The van der Waals surface area contributed by atoms with Crippen molar-refractivity contribution in [1.29, 1.82) is 0 Å². The maximum Gasteiger partial charge on any atom is 0 e. The maximum atomic E-state index is 10.1. The molecule has 0 bridgehead atoms. The molecule has 1 fully saturated rings. The smallest absolute Gasteiger partial charge is 0 e. The maximum absolute atomic E-state index is 10.1. The Morgan fingerprint density at radius 3 is 1.66 bits per heavy atom. The van der Waals surface area contributed by atoms with Crippen molar-refractivity contribution < 1.29 is 71.3 Å². The van der Waals surface area contributed by atoms with Crippen molar-refractivity contribution in [2.45, 2.75) is 78.7 Å². The van der Waals surface area contributed by atoms with E-state index < -0.39 is 6.10 Å². The molecule has 0 aliphatic heterocycles. The molecule has 0 amide bonds. The first-order chi connectivity index (χ1) is 15.9. The van der Waals surface area contributed by atoms with Crippen LogP contribution in [0.5, 0.6) is 0 Å². The minimum absolute atomic E-state index is 0. The quantitative estimate of drug-likeness (QED) is 0.208. The average Bonchev–Trinajstić information content (AvgIpc) is 3.12. The van der Waals surface area contributed by atoms with E-state index in [1.54, 1.807) is 7.11 Å². The van der Waals surface area contributed by atoms with Crippen LogP contribution in [0.1, 0.15) is 72.6 Å². The van der Waals surface area contributed by atoms with Crippen molar-refractivity contribution >= 4 is 0 Å². The molecule has 0 aromatic rings. The summed E-state index contributed by atoms with van der Waals surface area (Å²) >= 11 is 0. The molecule has 0 saturated heterocycles. The van der Waals surface area contributed by atoms with Crippen LogP contribution in [0.25, 0.3) is 0 Å². The first kappa shape index (κ1) is 54.7. The molecule has 10 heteroatoms. The van der Waals surface area contributed by atoms with Gasteiger partial charge in [-0.25, -0.2) is 0 Å². The number of aliphatic hydroxyl groups is 1. The predicted molar refractivity (Wildman–Crippen MR) is 113 cm³/mol. The third-order valence-corrected chi connectivity index (χ3v) is 5.65. The molecule has 200 valence electrons. The zero-order valence-electron chi connectivity index (χ0n) is 20.8. The largest absolute Gasteiger partial charge is 0 e. The Kier molecular flexibility index (Phi) is 67.3. The van der Waals surface area contributed by atoms with Gasteiger partial charge in [0.25, 0.3) is 0 Å². The SMILES string of the molecule is CCCCCC[C@@H](O)C#C[C@]1(C)CC[C@@H](COC)C1(C)C.[C-]#[O+].[C-]#[O+].[C-]#[O+].[C-]#[O+].[C-]#[O+].[C-]#[O+].[Co].[Co]. The molecule has 1 aliphatic carbocycles. The van der Waals surface area contributed by atoms with Crippen LogP contribution in [0.4, 0.5) is 0 Å². The molecule has 1 saturated carbocycles. The van der Waals surface area contributed by atoms with Gasteiger partial charge in [0.05, 0.1) is 0 Å². The molecule has 3 atom stereocenters. The van der Waals surface area contributed by atoms with Crippen molar-refractivity contribution in [3.8, 4) is 11.8 Å². The molecule has 0 aromatic carbocycles. The van der Waals surface area contributed by atoms with Crippen molar-refractivity contribution in [3.05, 3.63) is 39.9 Å². The second-order valence-electron chi connectivity index (χ2n) is 7.38. The summed E-state index contributed by atoms with van der Waals surface area (Å²) < 4.78 is 50.4. The second-order valence-corrected chi connectivity index (χ2v) is 7.38. The van der Waals surface area contributed by atoms with Gasteiger partial charge in [-0.05, 0) is 43.9 Å². The van der Waals surface area contributed by atoms with Gasteiger partial charge in [0, 0.05) is 52.7 Å². The van der Waals surface area contributed by atoms with Gasteiger partial charge in [0.2, 0.25) is 0 Å². The Bertz CT molecular complexity index is 566. The van der Waals surface area contributed by atoms with E-state index in [2.05, 4.69) is 79.4 Å². The van der Waals surface area contributed by atoms with E-state index >= 15 is 0 Å². The molecule has 1 N–H and O–H groups in total. The van der Waals surface area contributed by atoms with Gasteiger partial charge in [0.1, 0.15) is 6.10 Å². The zero-order chi connectivity index (χ0) is 27.9. The van der Waals surface area contributed by atoms with Crippen LogP contribution in [0, 0.1) is 68.5 Å². The Morgan fingerprint density at radius 1 is 0.857 bits per heavy atom.